The van der Waals surface area contributed by atoms with Crippen molar-refractivity contribution in [2.45, 2.75) is 77.6 Å². The molecule has 4 bridgehead atoms. The molecule has 3 rings (SSSR count). The minimum absolute atomic E-state index is 0.0411. The number of carbonyl (C=O) groups excluding carboxylic acids is 3. The molecule has 2 N–H and O–H groups in total. The van der Waals surface area contributed by atoms with E-state index in [4.69, 9.17) is 4.74 Å². The fourth-order valence-corrected chi connectivity index (χ4v) is 5.35. The van der Waals surface area contributed by atoms with Crippen LogP contribution >= 0.6 is 23.1 Å². The Labute approximate surface area is 203 Å². The molecule has 2 aliphatic rings. The Kier molecular flexibility index (Phi) is 8.69. The predicted octanol–water partition coefficient (Wildman–Crippen LogP) is 3.21. The summed E-state index contributed by atoms with van der Waals surface area (Å²) in [5.41, 5.74) is -0.290. The van der Waals surface area contributed by atoms with Crippen LogP contribution in [0.2, 0.25) is 0 Å². The zero-order valence-electron chi connectivity index (χ0n) is 19.6. The second kappa shape index (κ2) is 11.3. The number of rotatable bonds is 5. The summed E-state index contributed by atoms with van der Waals surface area (Å²) < 4.78 is 5.75. The third-order valence-corrected chi connectivity index (χ3v) is 7.59. The molecule has 3 atom stereocenters. The van der Waals surface area contributed by atoms with Crippen LogP contribution in [0.4, 0.5) is 0 Å². The van der Waals surface area contributed by atoms with Crippen molar-refractivity contribution >= 4 is 45.9 Å². The number of carbonyl (C=O) groups is 3. The molecule has 33 heavy (non-hydrogen) atoms. The van der Waals surface area contributed by atoms with Crippen molar-refractivity contribution in [2.24, 2.45) is 10.9 Å². The lowest BCUT2D eigenvalue weighted by atomic mass is 10.00. The molecule has 1 unspecified atom stereocenters. The highest BCUT2D eigenvalue weighted by atomic mass is 32.2. The van der Waals surface area contributed by atoms with Gasteiger partial charge < -0.3 is 15.4 Å². The molecule has 0 saturated carbocycles. The lowest BCUT2D eigenvalue weighted by Gasteiger charge is -2.27. The molecule has 1 aromatic rings. The Hall–Kier alpha value is -2.20. The summed E-state index contributed by atoms with van der Waals surface area (Å²) in [4.78, 5) is 48.0. The van der Waals surface area contributed by atoms with Gasteiger partial charge in [-0.25, -0.2) is 9.78 Å². The van der Waals surface area contributed by atoms with Crippen LogP contribution in [0.1, 0.15) is 64.1 Å². The van der Waals surface area contributed by atoms with E-state index in [-0.39, 0.29) is 24.2 Å². The SMILES string of the molecule is CCC/C=C\CC1CC(=O)NCc2nc(cs2)C2=N[C@@](C)(CS2)C(=O)N[C@@H](C(C)C)C(=O)O1. The van der Waals surface area contributed by atoms with Crippen molar-refractivity contribution in [3.05, 3.63) is 28.2 Å². The molecule has 1 aromatic heterocycles. The third-order valence-electron chi connectivity index (χ3n) is 5.46. The second-order valence-corrected chi connectivity index (χ2v) is 10.7. The number of esters is 1. The molecule has 0 aliphatic carbocycles. The molecular formula is C23H32N4O4S2. The van der Waals surface area contributed by atoms with Gasteiger partial charge in [0, 0.05) is 17.6 Å². The van der Waals surface area contributed by atoms with Gasteiger partial charge in [0.1, 0.15) is 33.4 Å². The molecular weight excluding hydrogens is 460 g/mol. The minimum atomic E-state index is -0.995. The highest BCUT2D eigenvalue weighted by molar-refractivity contribution is 8.14. The number of fused-ring (bicyclic) bond motifs is 4. The third kappa shape index (κ3) is 6.66. The summed E-state index contributed by atoms with van der Waals surface area (Å²) in [5.74, 6) is -0.797. The van der Waals surface area contributed by atoms with Crippen molar-refractivity contribution in [1.82, 2.24) is 15.6 Å². The molecule has 2 aliphatic heterocycles. The molecule has 10 heteroatoms. The van der Waals surface area contributed by atoms with E-state index in [0.29, 0.717) is 29.5 Å². The van der Waals surface area contributed by atoms with Crippen LogP contribution in [0.3, 0.4) is 0 Å². The molecule has 0 saturated heterocycles. The number of thioether (sulfide) groups is 1. The lowest BCUT2D eigenvalue weighted by molar-refractivity contribution is -0.155. The number of thiazole rings is 1. The smallest absolute Gasteiger partial charge is 0.329 e. The number of cyclic esters (lactones) is 1. The van der Waals surface area contributed by atoms with Crippen LogP contribution in [0.5, 0.6) is 0 Å². The van der Waals surface area contributed by atoms with E-state index in [1.807, 2.05) is 31.4 Å². The molecule has 3 heterocycles. The van der Waals surface area contributed by atoms with E-state index in [9.17, 15) is 14.4 Å². The van der Waals surface area contributed by atoms with Crippen molar-refractivity contribution in [3.63, 3.8) is 0 Å². The van der Waals surface area contributed by atoms with Crippen LogP contribution in [-0.4, -0.2) is 51.2 Å². The van der Waals surface area contributed by atoms with Crippen molar-refractivity contribution in [2.75, 3.05) is 5.75 Å². The molecule has 0 radical (unpaired) electrons. The van der Waals surface area contributed by atoms with Crippen molar-refractivity contribution < 1.29 is 19.1 Å². The number of amides is 2. The van der Waals surface area contributed by atoms with E-state index >= 15 is 0 Å². The Balaban J connectivity index is 1.88. The monoisotopic (exact) mass is 492 g/mol. The normalized spacial score (nSPS) is 26.8. The minimum Gasteiger partial charge on any atom is -0.460 e. The second-order valence-electron chi connectivity index (χ2n) is 8.84. The van der Waals surface area contributed by atoms with E-state index < -0.39 is 23.7 Å². The summed E-state index contributed by atoms with van der Waals surface area (Å²) >= 11 is 2.90. The Morgan fingerprint density at radius 2 is 2.09 bits per heavy atom. The Bertz CT molecular complexity index is 943. The summed E-state index contributed by atoms with van der Waals surface area (Å²) in [6, 6.07) is -0.831. The molecule has 2 amide bonds. The zero-order valence-corrected chi connectivity index (χ0v) is 21.2. The van der Waals surface area contributed by atoms with Gasteiger partial charge in [0.15, 0.2) is 0 Å². The molecule has 0 aromatic carbocycles. The van der Waals surface area contributed by atoms with E-state index in [1.54, 1.807) is 6.92 Å². The van der Waals surface area contributed by atoms with Crippen LogP contribution < -0.4 is 10.6 Å². The number of allylic oxidation sites excluding steroid dienone is 1. The van der Waals surface area contributed by atoms with Crippen molar-refractivity contribution in [1.29, 1.82) is 0 Å². The summed E-state index contributed by atoms with van der Waals surface area (Å²) in [6.07, 6.45) is 5.75. The van der Waals surface area contributed by atoms with Gasteiger partial charge in [-0.1, -0.05) is 39.3 Å². The summed E-state index contributed by atoms with van der Waals surface area (Å²) in [7, 11) is 0. The van der Waals surface area contributed by atoms with Gasteiger partial charge in [0.25, 0.3) is 0 Å². The Morgan fingerprint density at radius 1 is 1.30 bits per heavy atom. The highest BCUT2D eigenvalue weighted by Crippen LogP contribution is 2.32. The summed E-state index contributed by atoms with van der Waals surface area (Å²) in [6.45, 7) is 7.85. The van der Waals surface area contributed by atoms with Crippen LogP contribution in [0.25, 0.3) is 0 Å². The fourth-order valence-electron chi connectivity index (χ4n) is 3.43. The molecule has 0 fully saturated rings. The fraction of sp³-hybridized carbons (Fsp3) is 0.609. The first-order valence-corrected chi connectivity index (χ1v) is 13.2. The van der Waals surface area contributed by atoms with Gasteiger partial charge in [-0.05, 0) is 19.3 Å². The maximum Gasteiger partial charge on any atom is 0.329 e. The maximum atomic E-state index is 13.2. The van der Waals surface area contributed by atoms with Gasteiger partial charge in [0.05, 0.1) is 13.0 Å². The van der Waals surface area contributed by atoms with E-state index in [0.717, 1.165) is 17.8 Å². The van der Waals surface area contributed by atoms with Gasteiger partial charge in [-0.15, -0.1) is 23.1 Å². The predicted molar refractivity (Wildman–Crippen MR) is 131 cm³/mol. The van der Waals surface area contributed by atoms with E-state index in [2.05, 4.69) is 27.5 Å². The number of nitrogens with one attached hydrogen (secondary N) is 2. The number of aromatic nitrogens is 1. The van der Waals surface area contributed by atoms with E-state index in [1.165, 1.54) is 23.1 Å². The quantitative estimate of drug-likeness (QED) is 0.482. The maximum absolute atomic E-state index is 13.2. The van der Waals surface area contributed by atoms with Crippen molar-refractivity contribution in [3.8, 4) is 0 Å². The number of unbranched alkanes of at least 4 members (excludes halogenated alkanes) is 1. The van der Waals surface area contributed by atoms with Crippen LogP contribution in [0, 0.1) is 5.92 Å². The summed E-state index contributed by atoms with van der Waals surface area (Å²) in [5, 5.41) is 9.06. The Morgan fingerprint density at radius 3 is 2.82 bits per heavy atom. The van der Waals surface area contributed by atoms with Gasteiger partial charge in [-0.3, -0.25) is 14.6 Å². The van der Waals surface area contributed by atoms with Gasteiger partial charge in [0.2, 0.25) is 11.8 Å². The zero-order chi connectivity index (χ0) is 24.0. The number of hydrogen-bond donors (Lipinski definition) is 2. The highest BCUT2D eigenvalue weighted by Gasteiger charge is 2.41. The standard InChI is InChI=1S/C23H32N4O4S2/c1-5-6-7-8-9-15-10-17(28)24-11-18-25-16(12-32-18)20-27-23(4,13-33-20)22(30)26-19(14(2)3)21(29)31-15/h7-8,12,14-15,19H,5-6,9-11,13H2,1-4H3,(H,24,28)(H,26,30)/b8-7-/t15?,19-,23-/m0/s1. The topological polar surface area (TPSA) is 110 Å². The molecule has 0 spiro atoms. The number of aliphatic imine (C=N–C) groups is 1. The average molecular weight is 493 g/mol. The number of nitrogens with zero attached hydrogens (tertiary/aromatic N) is 2. The first kappa shape index (κ1) is 25.4. The van der Waals surface area contributed by atoms with Gasteiger partial charge in [-0.2, -0.15) is 0 Å². The first-order valence-electron chi connectivity index (χ1n) is 11.3. The number of hydrogen-bond acceptors (Lipinski definition) is 8. The largest absolute Gasteiger partial charge is 0.460 e. The number of ether oxygens (including phenoxy) is 1. The van der Waals surface area contributed by atoms with Crippen LogP contribution in [-0.2, 0) is 25.7 Å². The van der Waals surface area contributed by atoms with Gasteiger partial charge >= 0.3 is 5.97 Å². The molecule has 8 nitrogen and oxygen atoms in total. The first-order chi connectivity index (χ1) is 15.7. The van der Waals surface area contributed by atoms with Crippen LogP contribution in [0.15, 0.2) is 22.5 Å². The lowest BCUT2D eigenvalue weighted by Crippen LogP contribution is -2.53. The average Bonchev–Trinajstić information content (AvgIpc) is 3.40. The molecule has 180 valence electrons.